The third kappa shape index (κ3) is 4.44. The summed E-state index contributed by atoms with van der Waals surface area (Å²) in [6.07, 6.45) is -3.08. The molecule has 2 aliphatic rings. The number of carbonyl (C=O) groups excluding carboxylic acids is 2. The lowest BCUT2D eigenvalue weighted by molar-refractivity contribution is -0.144. The number of fused-ring (bicyclic) bond motifs is 1. The van der Waals surface area contributed by atoms with Crippen LogP contribution in [0.5, 0.6) is 5.75 Å². The number of amides is 1. The van der Waals surface area contributed by atoms with Crippen LogP contribution in [-0.2, 0) is 11.3 Å². The van der Waals surface area contributed by atoms with Gasteiger partial charge in [-0.3, -0.25) is 14.4 Å². The van der Waals surface area contributed by atoms with Gasteiger partial charge in [0.2, 0.25) is 5.75 Å². The molecule has 1 fully saturated rings. The first-order valence-electron chi connectivity index (χ1n) is 9.35. The lowest BCUT2D eigenvalue weighted by Crippen LogP contribution is -2.48. The highest BCUT2D eigenvalue weighted by atomic mass is 19.4. The van der Waals surface area contributed by atoms with Crippen LogP contribution in [0, 0.1) is 5.41 Å². The summed E-state index contributed by atoms with van der Waals surface area (Å²) >= 11 is 0. The zero-order valence-corrected chi connectivity index (χ0v) is 16.4. The number of halogens is 3. The molecule has 1 aromatic heterocycles. The Morgan fingerprint density at radius 2 is 1.93 bits per heavy atom. The molecule has 3 rings (SSSR count). The normalized spacial score (nSPS) is 20.0. The monoisotopic (exact) mass is 416 g/mol. The average molecular weight is 416 g/mol. The predicted molar refractivity (Wildman–Crippen MR) is 95.5 cm³/mol. The van der Waals surface area contributed by atoms with E-state index in [9.17, 15) is 27.6 Å². The Balaban J connectivity index is 2.11. The van der Waals surface area contributed by atoms with Crippen molar-refractivity contribution in [3.63, 3.8) is 0 Å². The number of alkyl halides is 3. The van der Waals surface area contributed by atoms with E-state index in [0.717, 1.165) is 6.42 Å². The predicted octanol–water partition coefficient (Wildman–Crippen LogP) is 1.64. The topological polar surface area (TPSA) is 93.5 Å². The highest BCUT2D eigenvalue weighted by Gasteiger charge is 2.40. The molecule has 0 aromatic carbocycles. The van der Waals surface area contributed by atoms with Crippen LogP contribution in [0.3, 0.4) is 0 Å². The summed E-state index contributed by atoms with van der Waals surface area (Å²) in [5, 5.41) is 3.16. The van der Waals surface area contributed by atoms with E-state index < -0.39 is 41.3 Å². The number of carbonyl (C=O) groups is 2. The standard InChI is InChI=1S/C18H23F3N4O4/c1-17(2,3)16(28)29-12-11-15(27)24(9-18(19,20)21)7-8-25(11)13(23-14(12)26)10-5-4-6-22-10/h10,22H,4-9H2,1-3H3. The molecule has 11 heteroatoms. The van der Waals surface area contributed by atoms with Crippen molar-refractivity contribution >= 4 is 11.9 Å². The molecule has 0 bridgehead atoms. The van der Waals surface area contributed by atoms with Crippen molar-refractivity contribution in [2.24, 2.45) is 5.41 Å². The van der Waals surface area contributed by atoms with Gasteiger partial charge in [-0.25, -0.2) is 0 Å². The van der Waals surface area contributed by atoms with Crippen molar-refractivity contribution in [1.29, 1.82) is 0 Å². The van der Waals surface area contributed by atoms with E-state index in [1.807, 2.05) is 0 Å². The summed E-state index contributed by atoms with van der Waals surface area (Å²) in [6, 6.07) is -0.296. The van der Waals surface area contributed by atoms with E-state index >= 15 is 0 Å². The van der Waals surface area contributed by atoms with Gasteiger partial charge < -0.3 is 19.5 Å². The second-order valence-electron chi connectivity index (χ2n) is 8.23. The third-order valence-electron chi connectivity index (χ3n) is 4.80. The van der Waals surface area contributed by atoms with Gasteiger partial charge in [-0.2, -0.15) is 18.2 Å². The Morgan fingerprint density at radius 3 is 2.48 bits per heavy atom. The number of hydrogen-bond acceptors (Lipinski definition) is 6. The summed E-state index contributed by atoms with van der Waals surface area (Å²) in [5.41, 5.74) is -2.29. The van der Waals surface area contributed by atoms with Crippen molar-refractivity contribution in [3.8, 4) is 5.75 Å². The molecule has 3 heterocycles. The lowest BCUT2D eigenvalue weighted by atomic mass is 9.97. The zero-order valence-electron chi connectivity index (χ0n) is 16.4. The molecule has 0 saturated carbocycles. The minimum Gasteiger partial charge on any atom is -0.418 e. The molecule has 1 amide bonds. The average Bonchev–Trinajstić information content (AvgIpc) is 3.11. The van der Waals surface area contributed by atoms with Gasteiger partial charge in [-0.1, -0.05) is 0 Å². The van der Waals surface area contributed by atoms with Crippen molar-refractivity contribution in [1.82, 2.24) is 19.8 Å². The Morgan fingerprint density at radius 1 is 1.24 bits per heavy atom. The number of esters is 1. The van der Waals surface area contributed by atoms with Crippen molar-refractivity contribution < 1.29 is 27.5 Å². The minimum atomic E-state index is -4.59. The first-order chi connectivity index (χ1) is 13.4. The molecule has 160 valence electrons. The number of aromatic nitrogens is 2. The summed E-state index contributed by atoms with van der Waals surface area (Å²) in [7, 11) is 0. The van der Waals surface area contributed by atoms with Gasteiger partial charge in [0.25, 0.3) is 5.91 Å². The fourth-order valence-corrected chi connectivity index (χ4v) is 3.34. The van der Waals surface area contributed by atoms with Gasteiger partial charge in [-0.15, -0.1) is 0 Å². The number of nitrogens with one attached hydrogen (secondary N) is 1. The molecule has 29 heavy (non-hydrogen) atoms. The van der Waals surface area contributed by atoms with Crippen LogP contribution in [-0.4, -0.2) is 52.1 Å². The van der Waals surface area contributed by atoms with Gasteiger partial charge in [0.05, 0.1) is 11.5 Å². The van der Waals surface area contributed by atoms with Crippen LogP contribution in [0.2, 0.25) is 0 Å². The number of hydrogen-bond donors (Lipinski definition) is 1. The smallest absolute Gasteiger partial charge is 0.406 e. The van der Waals surface area contributed by atoms with E-state index in [-0.39, 0.29) is 30.6 Å². The van der Waals surface area contributed by atoms with Crippen LogP contribution in [0.1, 0.15) is 56.0 Å². The van der Waals surface area contributed by atoms with E-state index in [1.165, 1.54) is 4.57 Å². The van der Waals surface area contributed by atoms with Crippen LogP contribution in [0.4, 0.5) is 13.2 Å². The molecule has 1 saturated heterocycles. The molecule has 0 aliphatic carbocycles. The van der Waals surface area contributed by atoms with Crippen molar-refractivity contribution in [2.45, 2.75) is 52.4 Å². The molecular formula is C18H23F3N4O4. The Bertz CT molecular complexity index is 883. The van der Waals surface area contributed by atoms with E-state index in [4.69, 9.17) is 4.74 Å². The van der Waals surface area contributed by atoms with Gasteiger partial charge >= 0.3 is 17.7 Å². The number of rotatable bonds is 3. The Hall–Kier alpha value is -2.43. The number of ether oxygens (including phenoxy) is 1. The summed E-state index contributed by atoms with van der Waals surface area (Å²) in [5.74, 6) is -2.14. The third-order valence-corrected chi connectivity index (χ3v) is 4.80. The van der Waals surface area contributed by atoms with E-state index in [1.54, 1.807) is 20.8 Å². The van der Waals surface area contributed by atoms with Crippen LogP contribution in [0.15, 0.2) is 4.79 Å². The molecule has 1 unspecified atom stereocenters. The van der Waals surface area contributed by atoms with Crippen LogP contribution < -0.4 is 15.6 Å². The van der Waals surface area contributed by atoms with Gasteiger partial charge in [-0.05, 0) is 40.2 Å². The molecule has 1 N–H and O–H groups in total. The highest BCUT2D eigenvalue weighted by Crippen LogP contribution is 2.30. The number of nitrogens with zero attached hydrogens (tertiary/aromatic N) is 3. The lowest BCUT2D eigenvalue weighted by Gasteiger charge is -2.33. The van der Waals surface area contributed by atoms with Crippen molar-refractivity contribution in [3.05, 3.63) is 21.9 Å². The zero-order chi connectivity index (χ0) is 21.6. The molecule has 0 radical (unpaired) electrons. The largest absolute Gasteiger partial charge is 0.418 e. The summed E-state index contributed by atoms with van der Waals surface area (Å²) in [6.45, 7) is 3.74. The first-order valence-corrected chi connectivity index (χ1v) is 9.35. The molecule has 0 spiro atoms. The van der Waals surface area contributed by atoms with Crippen LogP contribution in [0.25, 0.3) is 0 Å². The van der Waals surface area contributed by atoms with E-state index in [2.05, 4.69) is 10.3 Å². The molecule has 8 nitrogen and oxygen atoms in total. The molecule has 1 atom stereocenters. The Labute approximate surface area is 165 Å². The quantitative estimate of drug-likeness (QED) is 0.753. The summed E-state index contributed by atoms with van der Waals surface area (Å²) < 4.78 is 45.3. The first kappa shape index (κ1) is 21.3. The van der Waals surface area contributed by atoms with Crippen LogP contribution >= 0.6 is 0 Å². The van der Waals surface area contributed by atoms with Gasteiger partial charge in [0.1, 0.15) is 12.4 Å². The Kier molecular flexibility index (Phi) is 5.46. The van der Waals surface area contributed by atoms with E-state index in [0.29, 0.717) is 17.9 Å². The summed E-state index contributed by atoms with van der Waals surface area (Å²) in [4.78, 5) is 42.5. The maximum Gasteiger partial charge on any atom is 0.406 e. The van der Waals surface area contributed by atoms with Gasteiger partial charge in [0, 0.05) is 13.1 Å². The fourth-order valence-electron chi connectivity index (χ4n) is 3.34. The maximum atomic E-state index is 12.9. The molecule has 1 aromatic rings. The minimum absolute atomic E-state index is 0.0119. The molecule has 2 aliphatic heterocycles. The highest BCUT2D eigenvalue weighted by molar-refractivity contribution is 5.96. The second kappa shape index (κ2) is 7.43. The maximum absolute atomic E-state index is 12.9. The molecular weight excluding hydrogens is 393 g/mol. The SMILES string of the molecule is CC(C)(C)C(=O)Oc1c2n(c(C3CCCN3)nc1=O)CCN(CC(F)(F)F)C2=O. The fraction of sp³-hybridized carbons (Fsp3) is 0.667. The second-order valence-corrected chi connectivity index (χ2v) is 8.23. The van der Waals surface area contributed by atoms with Gasteiger partial charge in [0.15, 0.2) is 5.69 Å². The van der Waals surface area contributed by atoms with Crippen molar-refractivity contribution in [2.75, 3.05) is 19.6 Å².